The molecule has 1 unspecified atom stereocenters. The molecule has 0 radical (unpaired) electrons. The molecule has 3 rings (SSSR count). The SMILES string of the molecule is OC1CCCc2cc(-c3ccccc3)ccc21. The molecule has 0 aromatic heterocycles. The minimum atomic E-state index is -0.261. The van der Waals surface area contributed by atoms with Crippen molar-refractivity contribution in [2.24, 2.45) is 0 Å². The smallest absolute Gasteiger partial charge is 0.0792 e. The van der Waals surface area contributed by atoms with Crippen molar-refractivity contribution in [3.05, 3.63) is 59.7 Å². The lowest BCUT2D eigenvalue weighted by Gasteiger charge is -2.21. The largest absolute Gasteiger partial charge is 0.388 e. The van der Waals surface area contributed by atoms with E-state index in [2.05, 4.69) is 42.5 Å². The van der Waals surface area contributed by atoms with E-state index in [9.17, 15) is 5.11 Å². The standard InChI is InChI=1S/C16H16O/c17-16-8-4-7-14-11-13(9-10-15(14)16)12-5-2-1-3-6-12/h1-3,5-6,9-11,16-17H,4,7-8H2. The summed E-state index contributed by atoms with van der Waals surface area (Å²) in [7, 11) is 0. The lowest BCUT2D eigenvalue weighted by molar-refractivity contribution is 0.156. The molecule has 0 aliphatic heterocycles. The van der Waals surface area contributed by atoms with Crippen LogP contribution in [0.1, 0.15) is 30.1 Å². The summed E-state index contributed by atoms with van der Waals surface area (Å²) in [5.74, 6) is 0. The topological polar surface area (TPSA) is 20.2 Å². The van der Waals surface area contributed by atoms with Crippen LogP contribution in [-0.2, 0) is 6.42 Å². The molecule has 0 amide bonds. The van der Waals surface area contributed by atoms with E-state index in [1.54, 1.807) is 0 Å². The molecular weight excluding hydrogens is 208 g/mol. The first-order valence-electron chi connectivity index (χ1n) is 6.21. The van der Waals surface area contributed by atoms with Gasteiger partial charge < -0.3 is 5.11 Å². The lowest BCUT2D eigenvalue weighted by atomic mass is 9.87. The number of fused-ring (bicyclic) bond motifs is 1. The van der Waals surface area contributed by atoms with Crippen molar-refractivity contribution >= 4 is 0 Å². The van der Waals surface area contributed by atoms with Crippen molar-refractivity contribution < 1.29 is 5.11 Å². The molecule has 1 N–H and O–H groups in total. The Kier molecular flexibility index (Phi) is 2.69. The van der Waals surface area contributed by atoms with E-state index in [1.165, 1.54) is 16.7 Å². The Morgan fingerprint density at radius 3 is 2.59 bits per heavy atom. The van der Waals surface area contributed by atoms with Gasteiger partial charge in [0.1, 0.15) is 0 Å². The van der Waals surface area contributed by atoms with Crippen LogP contribution in [0.25, 0.3) is 11.1 Å². The summed E-state index contributed by atoms with van der Waals surface area (Å²) in [6.45, 7) is 0. The molecule has 1 heteroatoms. The Labute approximate surface area is 102 Å². The van der Waals surface area contributed by atoms with Crippen molar-refractivity contribution in [2.45, 2.75) is 25.4 Å². The van der Waals surface area contributed by atoms with Crippen molar-refractivity contribution in [2.75, 3.05) is 0 Å². The zero-order valence-electron chi connectivity index (χ0n) is 9.76. The lowest BCUT2D eigenvalue weighted by Crippen LogP contribution is -2.08. The van der Waals surface area contributed by atoms with Gasteiger partial charge in [0, 0.05) is 0 Å². The quantitative estimate of drug-likeness (QED) is 0.782. The second-order valence-electron chi connectivity index (χ2n) is 4.69. The third kappa shape index (κ3) is 1.98. The minimum absolute atomic E-state index is 0.261. The molecule has 0 spiro atoms. The van der Waals surface area contributed by atoms with Gasteiger partial charge in [-0.1, -0.05) is 48.5 Å². The zero-order chi connectivity index (χ0) is 11.7. The number of rotatable bonds is 1. The molecule has 1 aliphatic rings. The number of aliphatic hydroxyl groups excluding tert-OH is 1. The maximum Gasteiger partial charge on any atom is 0.0792 e. The molecule has 1 atom stereocenters. The Balaban J connectivity index is 2.04. The first-order valence-corrected chi connectivity index (χ1v) is 6.21. The van der Waals surface area contributed by atoms with E-state index in [4.69, 9.17) is 0 Å². The Hall–Kier alpha value is -1.60. The summed E-state index contributed by atoms with van der Waals surface area (Å²) < 4.78 is 0. The van der Waals surface area contributed by atoms with Crippen LogP contribution in [0.5, 0.6) is 0 Å². The van der Waals surface area contributed by atoms with E-state index in [0.29, 0.717) is 0 Å². The van der Waals surface area contributed by atoms with Gasteiger partial charge in [0.15, 0.2) is 0 Å². The summed E-state index contributed by atoms with van der Waals surface area (Å²) >= 11 is 0. The number of aliphatic hydroxyl groups is 1. The third-order valence-corrected chi connectivity index (χ3v) is 3.53. The highest BCUT2D eigenvalue weighted by molar-refractivity contribution is 5.65. The van der Waals surface area contributed by atoms with Crippen molar-refractivity contribution in [1.82, 2.24) is 0 Å². The summed E-state index contributed by atoms with van der Waals surface area (Å²) in [5, 5.41) is 9.92. The summed E-state index contributed by atoms with van der Waals surface area (Å²) in [5.41, 5.74) is 4.93. The highest BCUT2D eigenvalue weighted by Gasteiger charge is 2.17. The summed E-state index contributed by atoms with van der Waals surface area (Å²) in [6, 6.07) is 16.8. The van der Waals surface area contributed by atoms with Crippen molar-refractivity contribution in [3.8, 4) is 11.1 Å². The van der Waals surface area contributed by atoms with Gasteiger partial charge in [-0.05, 0) is 41.5 Å². The Morgan fingerprint density at radius 2 is 1.76 bits per heavy atom. The predicted octanol–water partition coefficient (Wildman–Crippen LogP) is 3.72. The van der Waals surface area contributed by atoms with Crippen LogP contribution in [0.15, 0.2) is 48.5 Å². The number of hydrogen-bond acceptors (Lipinski definition) is 1. The molecule has 0 saturated carbocycles. The van der Waals surface area contributed by atoms with Gasteiger partial charge in [0.2, 0.25) is 0 Å². The third-order valence-electron chi connectivity index (χ3n) is 3.53. The molecule has 0 heterocycles. The van der Waals surface area contributed by atoms with Gasteiger partial charge in [-0.15, -0.1) is 0 Å². The van der Waals surface area contributed by atoms with E-state index < -0.39 is 0 Å². The molecule has 1 aliphatic carbocycles. The molecule has 0 saturated heterocycles. The predicted molar refractivity (Wildman–Crippen MR) is 69.8 cm³/mol. The Bertz CT molecular complexity index is 516. The van der Waals surface area contributed by atoms with Crippen molar-refractivity contribution in [3.63, 3.8) is 0 Å². The van der Waals surface area contributed by atoms with Crippen LogP contribution in [0, 0.1) is 0 Å². The highest BCUT2D eigenvalue weighted by atomic mass is 16.3. The minimum Gasteiger partial charge on any atom is -0.388 e. The summed E-state index contributed by atoms with van der Waals surface area (Å²) in [6.07, 6.45) is 2.82. The second kappa shape index (κ2) is 4.34. The van der Waals surface area contributed by atoms with Crippen LogP contribution in [0.2, 0.25) is 0 Å². The van der Waals surface area contributed by atoms with Gasteiger partial charge >= 0.3 is 0 Å². The fourth-order valence-electron chi connectivity index (χ4n) is 2.60. The van der Waals surface area contributed by atoms with Crippen LogP contribution in [0.4, 0.5) is 0 Å². The molecule has 2 aromatic rings. The fraction of sp³-hybridized carbons (Fsp3) is 0.250. The molecule has 86 valence electrons. The molecule has 2 aromatic carbocycles. The van der Waals surface area contributed by atoms with Gasteiger partial charge in [-0.2, -0.15) is 0 Å². The Morgan fingerprint density at radius 1 is 0.941 bits per heavy atom. The van der Waals surface area contributed by atoms with Crippen LogP contribution < -0.4 is 0 Å². The number of hydrogen-bond donors (Lipinski definition) is 1. The maximum absolute atomic E-state index is 9.92. The first-order chi connectivity index (χ1) is 8.34. The fourth-order valence-corrected chi connectivity index (χ4v) is 2.60. The number of benzene rings is 2. The van der Waals surface area contributed by atoms with E-state index >= 15 is 0 Å². The average Bonchev–Trinajstić information content (AvgIpc) is 2.40. The van der Waals surface area contributed by atoms with Gasteiger partial charge in [0.25, 0.3) is 0 Å². The van der Waals surface area contributed by atoms with Gasteiger partial charge in [-0.25, -0.2) is 0 Å². The van der Waals surface area contributed by atoms with E-state index in [1.807, 2.05) is 6.07 Å². The molecule has 0 fully saturated rings. The molecule has 1 nitrogen and oxygen atoms in total. The van der Waals surface area contributed by atoms with Gasteiger partial charge in [-0.3, -0.25) is 0 Å². The normalized spacial score (nSPS) is 18.8. The van der Waals surface area contributed by atoms with Crippen molar-refractivity contribution in [1.29, 1.82) is 0 Å². The second-order valence-corrected chi connectivity index (χ2v) is 4.69. The van der Waals surface area contributed by atoms with Crippen LogP contribution in [0.3, 0.4) is 0 Å². The zero-order valence-corrected chi connectivity index (χ0v) is 9.76. The van der Waals surface area contributed by atoms with E-state index in [0.717, 1.165) is 24.8 Å². The monoisotopic (exact) mass is 224 g/mol. The van der Waals surface area contributed by atoms with Crippen LogP contribution >= 0.6 is 0 Å². The number of aryl methyl sites for hydroxylation is 1. The molecular formula is C16H16O. The average molecular weight is 224 g/mol. The molecule has 17 heavy (non-hydrogen) atoms. The van der Waals surface area contributed by atoms with Gasteiger partial charge in [0.05, 0.1) is 6.10 Å². The van der Waals surface area contributed by atoms with Crippen LogP contribution in [-0.4, -0.2) is 5.11 Å². The van der Waals surface area contributed by atoms with E-state index in [-0.39, 0.29) is 6.10 Å². The first kappa shape index (κ1) is 10.5. The summed E-state index contributed by atoms with van der Waals surface area (Å²) in [4.78, 5) is 0. The maximum atomic E-state index is 9.92. The highest BCUT2D eigenvalue weighted by Crippen LogP contribution is 2.32. The molecule has 0 bridgehead atoms.